The molecule has 2 heterocycles. The average molecular weight is 240 g/mol. The first-order chi connectivity index (χ1) is 8.68. The maximum Gasteiger partial charge on any atom is 0.137 e. The van der Waals surface area contributed by atoms with Crippen LogP contribution in [-0.2, 0) is 0 Å². The topological polar surface area (TPSA) is 17.3 Å². The fraction of sp³-hybridized carbons (Fsp3) is 0.133. The number of imidazole rings is 1. The van der Waals surface area contributed by atoms with Gasteiger partial charge in [0.05, 0.1) is 11.4 Å². The molecule has 1 aromatic carbocycles. The molecule has 3 heteroatoms. The maximum atomic E-state index is 14.0. The molecule has 0 saturated carbocycles. The van der Waals surface area contributed by atoms with Crippen LogP contribution in [0.5, 0.6) is 0 Å². The number of aromatic nitrogens is 2. The summed E-state index contributed by atoms with van der Waals surface area (Å²) >= 11 is 0. The van der Waals surface area contributed by atoms with E-state index in [2.05, 4.69) is 4.98 Å². The van der Waals surface area contributed by atoms with E-state index in [1.807, 2.05) is 42.5 Å². The van der Waals surface area contributed by atoms with Crippen LogP contribution in [0.15, 0.2) is 42.5 Å². The van der Waals surface area contributed by atoms with Gasteiger partial charge in [-0.2, -0.15) is 0 Å². The third kappa shape index (κ3) is 1.51. The molecule has 0 unspecified atom stereocenters. The first kappa shape index (κ1) is 11.0. The minimum Gasteiger partial charge on any atom is -0.297 e. The number of benzene rings is 1. The van der Waals surface area contributed by atoms with Crippen molar-refractivity contribution >= 4 is 5.65 Å². The third-order valence-electron chi connectivity index (χ3n) is 3.14. The summed E-state index contributed by atoms with van der Waals surface area (Å²) in [7, 11) is 0. The molecule has 0 saturated heterocycles. The minimum absolute atomic E-state index is 0.217. The van der Waals surface area contributed by atoms with Gasteiger partial charge >= 0.3 is 0 Å². The van der Waals surface area contributed by atoms with E-state index in [1.54, 1.807) is 12.1 Å². The molecule has 2 aromatic heterocycles. The summed E-state index contributed by atoms with van der Waals surface area (Å²) in [4.78, 5) is 4.49. The lowest BCUT2D eigenvalue weighted by atomic mass is 10.1. The van der Waals surface area contributed by atoms with Gasteiger partial charge < -0.3 is 0 Å². The number of rotatable bonds is 1. The van der Waals surface area contributed by atoms with E-state index in [-0.39, 0.29) is 5.82 Å². The Morgan fingerprint density at radius 2 is 1.78 bits per heavy atom. The molecule has 0 aliphatic rings. The van der Waals surface area contributed by atoms with Gasteiger partial charge in [0.15, 0.2) is 0 Å². The summed E-state index contributed by atoms with van der Waals surface area (Å²) in [5.41, 5.74) is 4.17. The number of halogens is 1. The highest BCUT2D eigenvalue weighted by Gasteiger charge is 2.14. The molecule has 0 radical (unpaired) electrons. The Balaban J connectivity index is 2.43. The van der Waals surface area contributed by atoms with E-state index in [0.717, 1.165) is 22.7 Å². The lowest BCUT2D eigenvalue weighted by Crippen LogP contribution is -1.95. The smallest absolute Gasteiger partial charge is 0.137 e. The van der Waals surface area contributed by atoms with Gasteiger partial charge in [-0.3, -0.25) is 4.40 Å². The number of fused-ring (bicyclic) bond motifs is 1. The van der Waals surface area contributed by atoms with Gasteiger partial charge in [-0.25, -0.2) is 9.37 Å². The Bertz CT molecular complexity index is 728. The summed E-state index contributed by atoms with van der Waals surface area (Å²) in [5.74, 6) is -0.217. The molecule has 0 atom stereocenters. The molecule has 0 bridgehead atoms. The van der Waals surface area contributed by atoms with Crippen molar-refractivity contribution in [2.75, 3.05) is 0 Å². The van der Waals surface area contributed by atoms with Gasteiger partial charge in [0.25, 0.3) is 0 Å². The lowest BCUT2D eigenvalue weighted by Gasteiger charge is -2.07. The molecule has 0 spiro atoms. The first-order valence-corrected chi connectivity index (χ1v) is 5.88. The highest BCUT2D eigenvalue weighted by Crippen LogP contribution is 2.27. The van der Waals surface area contributed by atoms with Crippen LogP contribution in [-0.4, -0.2) is 9.38 Å². The van der Waals surface area contributed by atoms with Gasteiger partial charge in [-0.15, -0.1) is 0 Å². The largest absolute Gasteiger partial charge is 0.297 e. The molecule has 18 heavy (non-hydrogen) atoms. The van der Waals surface area contributed by atoms with Crippen LogP contribution in [0.4, 0.5) is 4.39 Å². The van der Waals surface area contributed by atoms with Crippen LogP contribution < -0.4 is 0 Å². The van der Waals surface area contributed by atoms with Crippen LogP contribution in [0.2, 0.25) is 0 Å². The Morgan fingerprint density at radius 3 is 2.56 bits per heavy atom. The lowest BCUT2D eigenvalue weighted by molar-refractivity contribution is 0.630. The Morgan fingerprint density at radius 1 is 1.00 bits per heavy atom. The molecule has 0 aliphatic heterocycles. The number of nitrogens with zero attached hydrogens (tertiary/aromatic N) is 2. The molecule has 90 valence electrons. The van der Waals surface area contributed by atoms with E-state index in [0.29, 0.717) is 5.56 Å². The zero-order chi connectivity index (χ0) is 12.7. The highest BCUT2D eigenvalue weighted by atomic mass is 19.1. The highest BCUT2D eigenvalue weighted by molar-refractivity contribution is 5.68. The van der Waals surface area contributed by atoms with Gasteiger partial charge in [0.2, 0.25) is 0 Å². The third-order valence-corrected chi connectivity index (χ3v) is 3.14. The van der Waals surface area contributed by atoms with Gasteiger partial charge in [0.1, 0.15) is 11.5 Å². The van der Waals surface area contributed by atoms with Crippen molar-refractivity contribution in [3.63, 3.8) is 0 Å². The molecular formula is C15H13FN2. The Kier molecular flexibility index (Phi) is 2.40. The molecule has 3 aromatic rings. The van der Waals surface area contributed by atoms with Crippen LogP contribution in [0, 0.1) is 19.7 Å². The molecule has 3 rings (SSSR count). The van der Waals surface area contributed by atoms with Gasteiger partial charge in [0, 0.05) is 11.3 Å². The van der Waals surface area contributed by atoms with E-state index in [9.17, 15) is 4.39 Å². The molecule has 0 aliphatic carbocycles. The van der Waals surface area contributed by atoms with Crippen molar-refractivity contribution in [1.82, 2.24) is 9.38 Å². The van der Waals surface area contributed by atoms with Crippen LogP contribution in [0.3, 0.4) is 0 Å². The zero-order valence-corrected chi connectivity index (χ0v) is 10.3. The average Bonchev–Trinajstić information content (AvgIpc) is 2.68. The standard InChI is InChI=1S/C15H13FN2/c1-10-6-5-9-14-17-11(2)15(18(10)14)12-7-3-4-8-13(12)16/h3-9H,1-2H3. The van der Waals surface area contributed by atoms with Crippen LogP contribution in [0.25, 0.3) is 16.9 Å². The van der Waals surface area contributed by atoms with Crippen LogP contribution >= 0.6 is 0 Å². The second-order valence-corrected chi connectivity index (χ2v) is 4.39. The van der Waals surface area contributed by atoms with E-state index >= 15 is 0 Å². The number of aryl methyl sites for hydroxylation is 2. The SMILES string of the molecule is Cc1nc2cccc(C)n2c1-c1ccccc1F. The molecule has 0 amide bonds. The first-order valence-electron chi connectivity index (χ1n) is 5.88. The number of pyridine rings is 1. The second-order valence-electron chi connectivity index (χ2n) is 4.39. The molecule has 0 fully saturated rings. The van der Waals surface area contributed by atoms with Crippen molar-refractivity contribution in [3.05, 3.63) is 59.7 Å². The maximum absolute atomic E-state index is 14.0. The summed E-state index contributed by atoms with van der Waals surface area (Å²) in [6.07, 6.45) is 0. The van der Waals surface area contributed by atoms with Crippen molar-refractivity contribution in [2.24, 2.45) is 0 Å². The predicted molar refractivity (Wildman–Crippen MR) is 70.1 cm³/mol. The molecular weight excluding hydrogens is 227 g/mol. The number of hydrogen-bond acceptors (Lipinski definition) is 1. The van der Waals surface area contributed by atoms with Crippen LogP contribution in [0.1, 0.15) is 11.4 Å². The Labute approximate surface area is 105 Å². The zero-order valence-electron chi connectivity index (χ0n) is 10.3. The van der Waals surface area contributed by atoms with Gasteiger partial charge in [-0.05, 0) is 38.1 Å². The van der Waals surface area contributed by atoms with Gasteiger partial charge in [-0.1, -0.05) is 18.2 Å². The van der Waals surface area contributed by atoms with Crippen molar-refractivity contribution in [2.45, 2.75) is 13.8 Å². The van der Waals surface area contributed by atoms with Crippen molar-refractivity contribution < 1.29 is 4.39 Å². The monoisotopic (exact) mass is 240 g/mol. The summed E-state index contributed by atoms with van der Waals surface area (Å²) in [5, 5.41) is 0. The molecule has 0 N–H and O–H groups in total. The normalized spacial score (nSPS) is 11.1. The minimum atomic E-state index is -0.217. The fourth-order valence-electron chi connectivity index (χ4n) is 2.34. The number of hydrogen-bond donors (Lipinski definition) is 0. The second kappa shape index (κ2) is 3.95. The summed E-state index contributed by atoms with van der Waals surface area (Å²) in [6.45, 7) is 3.91. The van der Waals surface area contributed by atoms with E-state index in [4.69, 9.17) is 0 Å². The predicted octanol–water partition coefficient (Wildman–Crippen LogP) is 3.76. The quantitative estimate of drug-likeness (QED) is 0.633. The molecule has 2 nitrogen and oxygen atoms in total. The summed E-state index contributed by atoms with van der Waals surface area (Å²) < 4.78 is 15.9. The van der Waals surface area contributed by atoms with Crippen molar-refractivity contribution in [1.29, 1.82) is 0 Å². The summed E-state index contributed by atoms with van der Waals surface area (Å²) in [6, 6.07) is 12.7. The van der Waals surface area contributed by atoms with E-state index in [1.165, 1.54) is 6.07 Å². The van der Waals surface area contributed by atoms with E-state index < -0.39 is 0 Å². The fourth-order valence-corrected chi connectivity index (χ4v) is 2.34. The Hall–Kier alpha value is -2.16. The van der Waals surface area contributed by atoms with Crippen molar-refractivity contribution in [3.8, 4) is 11.3 Å².